The lowest BCUT2D eigenvalue weighted by Crippen LogP contribution is -2.25. The molecule has 1 aromatic rings. The van der Waals surface area contributed by atoms with Crippen molar-refractivity contribution in [2.24, 2.45) is 5.92 Å². The first-order valence-corrected chi connectivity index (χ1v) is 5.91. The van der Waals surface area contributed by atoms with Gasteiger partial charge in [0, 0.05) is 6.04 Å². The Morgan fingerprint density at radius 2 is 2.06 bits per heavy atom. The first-order valence-electron chi connectivity index (χ1n) is 5.91. The van der Waals surface area contributed by atoms with Crippen molar-refractivity contribution in [2.45, 2.75) is 38.6 Å². The number of nitrogens with one attached hydrogen (secondary N) is 1. The van der Waals surface area contributed by atoms with Gasteiger partial charge in [-0.3, -0.25) is 0 Å². The topological polar surface area (TPSA) is 48.7 Å². The second kappa shape index (κ2) is 4.98. The molecule has 2 rings (SSSR count). The van der Waals surface area contributed by atoms with Crippen LogP contribution < -0.4 is 5.32 Å². The van der Waals surface area contributed by atoms with E-state index in [4.69, 9.17) is 5.26 Å². The van der Waals surface area contributed by atoms with Crippen molar-refractivity contribution in [1.29, 1.82) is 5.26 Å². The Morgan fingerprint density at radius 1 is 1.31 bits per heavy atom. The summed E-state index contributed by atoms with van der Waals surface area (Å²) in [4.78, 5) is 4.23. The highest BCUT2D eigenvalue weighted by Gasteiger charge is 2.18. The van der Waals surface area contributed by atoms with Gasteiger partial charge in [-0.2, -0.15) is 5.26 Å². The van der Waals surface area contributed by atoms with Crippen LogP contribution in [0, 0.1) is 17.2 Å². The SMILES string of the molecule is CC1CCC(Nc2cccc(C#N)n2)CC1. The summed E-state index contributed by atoms with van der Waals surface area (Å²) >= 11 is 0. The van der Waals surface area contributed by atoms with Crippen LogP contribution in [0.3, 0.4) is 0 Å². The molecule has 0 bridgehead atoms. The molecule has 1 saturated carbocycles. The molecule has 3 nitrogen and oxygen atoms in total. The minimum atomic E-state index is 0.481. The number of anilines is 1. The monoisotopic (exact) mass is 215 g/mol. The van der Waals surface area contributed by atoms with Crippen LogP contribution in [0.2, 0.25) is 0 Å². The molecule has 16 heavy (non-hydrogen) atoms. The van der Waals surface area contributed by atoms with E-state index in [2.05, 4.69) is 23.3 Å². The largest absolute Gasteiger partial charge is 0.367 e. The summed E-state index contributed by atoms with van der Waals surface area (Å²) in [6.45, 7) is 2.31. The van der Waals surface area contributed by atoms with E-state index in [9.17, 15) is 0 Å². The van der Waals surface area contributed by atoms with Crippen molar-refractivity contribution in [2.75, 3.05) is 5.32 Å². The molecule has 3 heteroatoms. The van der Waals surface area contributed by atoms with Gasteiger partial charge in [0.05, 0.1) is 0 Å². The summed E-state index contributed by atoms with van der Waals surface area (Å²) in [5.74, 6) is 1.69. The zero-order valence-electron chi connectivity index (χ0n) is 9.61. The zero-order valence-corrected chi connectivity index (χ0v) is 9.61. The van der Waals surface area contributed by atoms with Crippen molar-refractivity contribution < 1.29 is 0 Å². The molecule has 84 valence electrons. The van der Waals surface area contributed by atoms with Gasteiger partial charge in [0.1, 0.15) is 17.6 Å². The van der Waals surface area contributed by atoms with Crippen LogP contribution in [-0.2, 0) is 0 Å². The van der Waals surface area contributed by atoms with Gasteiger partial charge < -0.3 is 5.32 Å². The molecule has 1 heterocycles. The van der Waals surface area contributed by atoms with Crippen LogP contribution in [0.5, 0.6) is 0 Å². The number of rotatable bonds is 2. The van der Waals surface area contributed by atoms with E-state index in [1.54, 1.807) is 6.07 Å². The van der Waals surface area contributed by atoms with Crippen molar-refractivity contribution in [3.8, 4) is 6.07 Å². The van der Waals surface area contributed by atoms with Gasteiger partial charge >= 0.3 is 0 Å². The summed E-state index contributed by atoms with van der Waals surface area (Å²) in [6.07, 6.45) is 4.99. The van der Waals surface area contributed by atoms with E-state index in [0.29, 0.717) is 11.7 Å². The predicted octanol–water partition coefficient (Wildman–Crippen LogP) is 2.94. The minimum Gasteiger partial charge on any atom is -0.367 e. The molecule has 1 aliphatic carbocycles. The second-order valence-corrected chi connectivity index (χ2v) is 4.62. The Balaban J connectivity index is 1.96. The Kier molecular flexibility index (Phi) is 3.40. The quantitative estimate of drug-likeness (QED) is 0.825. The van der Waals surface area contributed by atoms with Crippen LogP contribution >= 0.6 is 0 Å². The number of hydrogen-bond donors (Lipinski definition) is 1. The average molecular weight is 215 g/mol. The Morgan fingerprint density at radius 3 is 2.75 bits per heavy atom. The van der Waals surface area contributed by atoms with Crippen molar-refractivity contribution in [3.63, 3.8) is 0 Å². The van der Waals surface area contributed by atoms with E-state index in [-0.39, 0.29) is 0 Å². The number of aromatic nitrogens is 1. The third kappa shape index (κ3) is 2.73. The van der Waals surface area contributed by atoms with Crippen molar-refractivity contribution >= 4 is 5.82 Å². The Hall–Kier alpha value is -1.56. The molecule has 0 aliphatic heterocycles. The molecular weight excluding hydrogens is 198 g/mol. The summed E-state index contributed by atoms with van der Waals surface area (Å²) in [5.41, 5.74) is 0.481. The molecular formula is C13H17N3. The molecule has 1 fully saturated rings. The number of pyridine rings is 1. The third-order valence-corrected chi connectivity index (χ3v) is 3.23. The highest BCUT2D eigenvalue weighted by Crippen LogP contribution is 2.25. The van der Waals surface area contributed by atoms with Gasteiger partial charge in [0.25, 0.3) is 0 Å². The van der Waals surface area contributed by atoms with Gasteiger partial charge in [0.2, 0.25) is 0 Å². The lowest BCUT2D eigenvalue weighted by atomic mass is 9.87. The minimum absolute atomic E-state index is 0.481. The molecule has 1 N–H and O–H groups in total. The molecule has 0 amide bonds. The zero-order chi connectivity index (χ0) is 11.4. The fourth-order valence-electron chi connectivity index (χ4n) is 2.19. The predicted molar refractivity (Wildman–Crippen MR) is 64.0 cm³/mol. The molecule has 1 aliphatic rings. The summed E-state index contributed by atoms with van der Waals surface area (Å²) in [6, 6.07) is 8.12. The van der Waals surface area contributed by atoms with Crippen LogP contribution in [0.1, 0.15) is 38.3 Å². The molecule has 1 aromatic heterocycles. The van der Waals surface area contributed by atoms with Gasteiger partial charge in [-0.1, -0.05) is 13.0 Å². The van der Waals surface area contributed by atoms with Crippen LogP contribution in [0.25, 0.3) is 0 Å². The normalized spacial score (nSPS) is 24.8. The fraction of sp³-hybridized carbons (Fsp3) is 0.538. The first kappa shape index (κ1) is 10.9. The average Bonchev–Trinajstić information content (AvgIpc) is 2.32. The number of nitriles is 1. The number of hydrogen-bond acceptors (Lipinski definition) is 3. The molecule has 0 saturated heterocycles. The number of nitrogens with zero attached hydrogens (tertiary/aromatic N) is 2. The van der Waals surface area contributed by atoms with Gasteiger partial charge in [-0.25, -0.2) is 4.98 Å². The maximum Gasteiger partial charge on any atom is 0.142 e. The summed E-state index contributed by atoms with van der Waals surface area (Å²) < 4.78 is 0. The molecule has 0 aromatic carbocycles. The molecule has 0 atom stereocenters. The maximum atomic E-state index is 8.76. The van der Waals surface area contributed by atoms with E-state index < -0.39 is 0 Å². The van der Waals surface area contributed by atoms with E-state index in [0.717, 1.165) is 11.7 Å². The molecule has 0 spiro atoms. The fourth-order valence-corrected chi connectivity index (χ4v) is 2.19. The highest BCUT2D eigenvalue weighted by molar-refractivity contribution is 5.39. The Labute approximate surface area is 96.5 Å². The summed E-state index contributed by atoms with van der Waals surface area (Å²) in [7, 11) is 0. The highest BCUT2D eigenvalue weighted by atomic mass is 15.0. The lowest BCUT2D eigenvalue weighted by molar-refractivity contribution is 0.361. The maximum absolute atomic E-state index is 8.76. The van der Waals surface area contributed by atoms with Crippen LogP contribution in [0.15, 0.2) is 18.2 Å². The first-order chi connectivity index (χ1) is 7.78. The third-order valence-electron chi connectivity index (χ3n) is 3.23. The van der Waals surface area contributed by atoms with E-state index in [1.165, 1.54) is 25.7 Å². The smallest absolute Gasteiger partial charge is 0.142 e. The van der Waals surface area contributed by atoms with E-state index >= 15 is 0 Å². The lowest BCUT2D eigenvalue weighted by Gasteiger charge is -2.27. The van der Waals surface area contributed by atoms with Crippen LogP contribution in [-0.4, -0.2) is 11.0 Å². The van der Waals surface area contributed by atoms with E-state index in [1.807, 2.05) is 12.1 Å². The Bertz CT molecular complexity index is 386. The van der Waals surface area contributed by atoms with Crippen molar-refractivity contribution in [3.05, 3.63) is 23.9 Å². The van der Waals surface area contributed by atoms with Gasteiger partial charge in [-0.15, -0.1) is 0 Å². The molecule has 0 radical (unpaired) electrons. The van der Waals surface area contributed by atoms with Crippen LogP contribution in [0.4, 0.5) is 5.82 Å². The van der Waals surface area contributed by atoms with Gasteiger partial charge in [-0.05, 0) is 43.7 Å². The second-order valence-electron chi connectivity index (χ2n) is 4.62. The van der Waals surface area contributed by atoms with Gasteiger partial charge in [0.15, 0.2) is 0 Å². The summed E-state index contributed by atoms with van der Waals surface area (Å²) in [5, 5.41) is 12.2. The molecule has 0 unspecified atom stereocenters. The standard InChI is InChI=1S/C13H17N3/c1-10-5-7-11(8-6-10)15-13-4-2-3-12(9-14)16-13/h2-4,10-11H,5-8H2,1H3,(H,15,16). The van der Waals surface area contributed by atoms with Crippen molar-refractivity contribution in [1.82, 2.24) is 4.98 Å².